The molecule has 62 valence electrons. The average molecular weight is 159 g/mol. The first-order valence-corrected chi connectivity index (χ1v) is 4.64. The average Bonchev–Trinajstić information content (AvgIpc) is 2.46. The van der Waals surface area contributed by atoms with E-state index in [4.69, 9.17) is 0 Å². The predicted molar refractivity (Wildman–Crippen MR) is 49.1 cm³/mol. The van der Waals surface area contributed by atoms with Crippen LogP contribution in [0.2, 0.25) is 0 Å². The SMILES string of the molecule is CC1C2NCC12c1ccccc1. The Hall–Kier alpha value is -0.820. The Morgan fingerprint density at radius 1 is 1.33 bits per heavy atom. The summed E-state index contributed by atoms with van der Waals surface area (Å²) in [6.07, 6.45) is 0. The molecule has 0 spiro atoms. The van der Waals surface area contributed by atoms with E-state index in [0.29, 0.717) is 5.41 Å². The summed E-state index contributed by atoms with van der Waals surface area (Å²) >= 11 is 0. The standard InChI is InChI=1S/C11H13N/c1-8-10-11(8,7-12-10)9-5-3-2-4-6-9/h2-6,8,10,12H,7H2,1H3. The molecule has 1 aromatic carbocycles. The van der Waals surface area contributed by atoms with E-state index in [1.807, 2.05) is 0 Å². The van der Waals surface area contributed by atoms with Gasteiger partial charge in [-0.25, -0.2) is 0 Å². The van der Waals surface area contributed by atoms with Gasteiger partial charge in [0.25, 0.3) is 0 Å². The van der Waals surface area contributed by atoms with E-state index in [2.05, 4.69) is 42.6 Å². The molecule has 1 aliphatic heterocycles. The Labute approximate surface area is 72.8 Å². The molecule has 1 heteroatoms. The second-order valence-electron chi connectivity index (χ2n) is 4.05. The van der Waals surface area contributed by atoms with Gasteiger partial charge in [-0.05, 0) is 11.5 Å². The maximum absolute atomic E-state index is 3.47. The van der Waals surface area contributed by atoms with Gasteiger partial charge < -0.3 is 5.32 Å². The lowest BCUT2D eigenvalue weighted by atomic mass is 9.89. The van der Waals surface area contributed by atoms with Crippen molar-refractivity contribution < 1.29 is 0 Å². The Balaban J connectivity index is 2.02. The number of nitrogens with one attached hydrogen (secondary N) is 1. The molecule has 3 unspecified atom stereocenters. The van der Waals surface area contributed by atoms with Gasteiger partial charge in [0.1, 0.15) is 0 Å². The molecule has 1 N–H and O–H groups in total. The molecule has 0 bridgehead atoms. The van der Waals surface area contributed by atoms with Gasteiger partial charge in [0.15, 0.2) is 0 Å². The molecule has 3 rings (SSSR count). The van der Waals surface area contributed by atoms with Crippen molar-refractivity contribution in [1.29, 1.82) is 0 Å². The summed E-state index contributed by atoms with van der Waals surface area (Å²) in [5.74, 6) is 0.847. The van der Waals surface area contributed by atoms with E-state index in [1.165, 1.54) is 12.1 Å². The highest BCUT2D eigenvalue weighted by Gasteiger charge is 2.68. The molecule has 1 aliphatic carbocycles. The van der Waals surface area contributed by atoms with Crippen LogP contribution in [0.15, 0.2) is 30.3 Å². The van der Waals surface area contributed by atoms with Crippen LogP contribution in [-0.2, 0) is 5.41 Å². The van der Waals surface area contributed by atoms with Crippen molar-refractivity contribution in [3.8, 4) is 0 Å². The zero-order chi connectivity index (χ0) is 8.18. The fourth-order valence-electron chi connectivity index (χ4n) is 2.70. The van der Waals surface area contributed by atoms with E-state index in [0.717, 1.165) is 12.0 Å². The summed E-state index contributed by atoms with van der Waals surface area (Å²) in [7, 11) is 0. The first-order valence-electron chi connectivity index (χ1n) is 4.64. The van der Waals surface area contributed by atoms with Gasteiger partial charge in [0.2, 0.25) is 0 Å². The van der Waals surface area contributed by atoms with E-state index in [-0.39, 0.29) is 0 Å². The van der Waals surface area contributed by atoms with Gasteiger partial charge in [-0.1, -0.05) is 37.3 Å². The van der Waals surface area contributed by atoms with Crippen LogP contribution in [0.3, 0.4) is 0 Å². The highest BCUT2D eigenvalue weighted by Crippen LogP contribution is 2.59. The molecule has 0 amide bonds. The Bertz CT molecular complexity index is 300. The normalized spacial score (nSPS) is 43.1. The van der Waals surface area contributed by atoms with Gasteiger partial charge in [-0.3, -0.25) is 0 Å². The Morgan fingerprint density at radius 2 is 2.08 bits per heavy atom. The maximum atomic E-state index is 3.47. The lowest BCUT2D eigenvalue weighted by Crippen LogP contribution is -2.44. The van der Waals surface area contributed by atoms with Crippen molar-refractivity contribution in [2.24, 2.45) is 5.92 Å². The third-order valence-corrected chi connectivity index (χ3v) is 3.68. The van der Waals surface area contributed by atoms with Crippen molar-refractivity contribution in [1.82, 2.24) is 5.32 Å². The van der Waals surface area contributed by atoms with Crippen molar-refractivity contribution in [3.05, 3.63) is 35.9 Å². The summed E-state index contributed by atoms with van der Waals surface area (Å²) in [5.41, 5.74) is 2.06. The first kappa shape index (κ1) is 6.67. The van der Waals surface area contributed by atoms with Crippen molar-refractivity contribution in [3.63, 3.8) is 0 Å². The molecular weight excluding hydrogens is 146 g/mol. The van der Waals surface area contributed by atoms with E-state index < -0.39 is 0 Å². The lowest BCUT2D eigenvalue weighted by molar-refractivity contribution is 0.437. The minimum absolute atomic E-state index is 0.529. The summed E-state index contributed by atoms with van der Waals surface area (Å²) in [4.78, 5) is 0. The molecule has 1 aromatic rings. The second kappa shape index (κ2) is 1.91. The molecular formula is C11H13N. The fourth-order valence-corrected chi connectivity index (χ4v) is 2.70. The number of benzene rings is 1. The first-order chi connectivity index (χ1) is 5.86. The molecule has 0 aromatic heterocycles. The summed E-state index contributed by atoms with van der Waals surface area (Å²) in [5, 5.41) is 3.47. The van der Waals surface area contributed by atoms with Crippen LogP contribution in [-0.4, -0.2) is 12.6 Å². The topological polar surface area (TPSA) is 12.0 Å². The number of fused-ring (bicyclic) bond motifs is 1. The number of rotatable bonds is 1. The second-order valence-corrected chi connectivity index (χ2v) is 4.05. The van der Waals surface area contributed by atoms with Crippen LogP contribution in [0, 0.1) is 5.92 Å². The molecule has 0 radical (unpaired) electrons. The van der Waals surface area contributed by atoms with Crippen molar-refractivity contribution in [2.75, 3.05) is 6.54 Å². The van der Waals surface area contributed by atoms with E-state index in [9.17, 15) is 0 Å². The van der Waals surface area contributed by atoms with Gasteiger partial charge >= 0.3 is 0 Å². The fraction of sp³-hybridized carbons (Fsp3) is 0.455. The van der Waals surface area contributed by atoms with Crippen LogP contribution in [0.5, 0.6) is 0 Å². The van der Waals surface area contributed by atoms with Gasteiger partial charge in [-0.15, -0.1) is 0 Å². The molecule has 12 heavy (non-hydrogen) atoms. The Kier molecular flexibility index (Phi) is 1.06. The minimum atomic E-state index is 0.529. The van der Waals surface area contributed by atoms with E-state index >= 15 is 0 Å². The maximum Gasteiger partial charge on any atom is 0.0274 e. The Morgan fingerprint density at radius 3 is 2.50 bits per heavy atom. The van der Waals surface area contributed by atoms with Crippen LogP contribution >= 0.6 is 0 Å². The largest absolute Gasteiger partial charge is 0.312 e. The minimum Gasteiger partial charge on any atom is -0.312 e. The smallest absolute Gasteiger partial charge is 0.0274 e. The molecule has 2 fully saturated rings. The highest BCUT2D eigenvalue weighted by atomic mass is 15.1. The number of hydrogen-bond donors (Lipinski definition) is 1. The quantitative estimate of drug-likeness (QED) is 0.655. The van der Waals surface area contributed by atoms with Gasteiger partial charge in [0.05, 0.1) is 0 Å². The molecule has 1 heterocycles. The van der Waals surface area contributed by atoms with Crippen molar-refractivity contribution >= 4 is 0 Å². The van der Waals surface area contributed by atoms with E-state index in [1.54, 1.807) is 0 Å². The van der Waals surface area contributed by atoms with Gasteiger partial charge in [0, 0.05) is 18.0 Å². The number of hydrogen-bond acceptors (Lipinski definition) is 1. The van der Waals surface area contributed by atoms with Crippen LogP contribution < -0.4 is 5.32 Å². The van der Waals surface area contributed by atoms with Crippen molar-refractivity contribution in [2.45, 2.75) is 18.4 Å². The zero-order valence-electron chi connectivity index (χ0n) is 7.25. The van der Waals surface area contributed by atoms with Gasteiger partial charge in [-0.2, -0.15) is 0 Å². The summed E-state index contributed by atoms with van der Waals surface area (Å²) < 4.78 is 0. The zero-order valence-corrected chi connectivity index (χ0v) is 7.25. The predicted octanol–water partition coefficient (Wildman–Crippen LogP) is 1.55. The molecule has 1 saturated carbocycles. The third kappa shape index (κ3) is 0.558. The van der Waals surface area contributed by atoms with Crippen LogP contribution in [0.1, 0.15) is 12.5 Å². The summed E-state index contributed by atoms with van der Waals surface area (Å²) in [6, 6.07) is 11.7. The van der Waals surface area contributed by atoms with Crippen LogP contribution in [0.25, 0.3) is 0 Å². The lowest BCUT2D eigenvalue weighted by Gasteiger charge is -2.27. The monoisotopic (exact) mass is 159 g/mol. The molecule has 3 atom stereocenters. The van der Waals surface area contributed by atoms with Crippen LogP contribution in [0.4, 0.5) is 0 Å². The molecule has 1 nitrogen and oxygen atoms in total. The third-order valence-electron chi connectivity index (χ3n) is 3.68. The summed E-state index contributed by atoms with van der Waals surface area (Å²) in [6.45, 7) is 3.53. The highest BCUT2D eigenvalue weighted by molar-refractivity contribution is 5.44. The molecule has 1 saturated heterocycles. The molecule has 2 aliphatic rings.